The number of Topliss-reactive ketones (excluding diaryl/α,β-unsaturated/α-hetero) is 3. The molecule has 21 rings (SSSR count). The standard InChI is InChI=1S/C40H50N4O5S.2C39H47N3O6S/c1-28-10-14-35-30(22-28)8-7-18-40(35)26-43-24-32-11-13-34(32)37(48-3)9-5-4-6-21-50(47,25-33(45)17-20-44-29(2)16-19-41-44)42-39(46)31-12-15-38(49-27-40)36(43)23-31;1-27-9-15-34-28(21-27)7-6-18-39(34)25-42-23-30-10-14-33(30)36(46-2)8-4-3-5-20-49(45,24-32(43)13-12-31-17-19-48-40-31)41-38(44)29-11-16-37(47-26-39)35(42)22-29;1-27-9-15-34-29(19-27)7-6-17-39(34)25-42-22-31-11-14-33(31)36(46-2)8-4-3-5-18-49(45,24-32(43)13-10-28-21-40-48-23-28)41-38(44)30-12-16-37(47-26-39)35(42)20-30/h5,9-10,12,14-16,19,22-23,32,34,37H,4,6-8,11,13,17-18,20-21,24-27H2,1-3H3;4,8-9,11,15-17,19,21-22,30,33,36H,3,5-7,10,12-14,18,20,23-26H2,1-2H3;4,8-9,12,15-16,19-21,23,31,33,36H,3,5-7,10-11,13-14,17-18,22,24-26H2,1-2H3/b9-5+;2*8-4+/t32-,34+,37-,40-,50+;30-,33+,36-,39-,49+;31-,33+,36-,39-,49+/m000/s1. The molecular formula is C118H144N10O17S3. The third-order valence-corrected chi connectivity index (χ3v) is 40.1. The van der Waals surface area contributed by atoms with Gasteiger partial charge in [-0.15, -0.1) is 0 Å². The molecule has 12 aliphatic rings. The van der Waals surface area contributed by atoms with Crippen molar-refractivity contribution < 1.29 is 78.9 Å². The minimum Gasteiger partial charge on any atom is -0.490 e. The third kappa shape index (κ3) is 24.2. The lowest BCUT2D eigenvalue weighted by Crippen LogP contribution is -2.49. The fourth-order valence-corrected chi connectivity index (χ4v) is 31.1. The van der Waals surface area contributed by atoms with Crippen molar-refractivity contribution in [1.29, 1.82) is 0 Å². The van der Waals surface area contributed by atoms with E-state index >= 15 is 0 Å². The zero-order valence-corrected chi connectivity index (χ0v) is 89.3. The Morgan fingerprint density at radius 2 is 0.824 bits per heavy atom. The molecular weight excluding hydrogens is 1930 g/mol. The maximum atomic E-state index is 14.4. The van der Waals surface area contributed by atoms with Gasteiger partial charge in [-0.2, -0.15) is 18.2 Å². The largest absolute Gasteiger partial charge is 0.490 e. The van der Waals surface area contributed by atoms with Gasteiger partial charge >= 0.3 is 0 Å². The third-order valence-electron chi connectivity index (χ3n) is 33.6. The van der Waals surface area contributed by atoms with E-state index in [4.69, 9.17) is 37.5 Å². The zero-order chi connectivity index (χ0) is 103. The molecule has 27 nitrogen and oxygen atoms in total. The summed E-state index contributed by atoms with van der Waals surface area (Å²) >= 11 is 0. The van der Waals surface area contributed by atoms with Crippen LogP contribution in [0.2, 0.25) is 0 Å². The van der Waals surface area contributed by atoms with Crippen LogP contribution in [0.3, 0.4) is 0 Å². The van der Waals surface area contributed by atoms with Crippen LogP contribution in [0.15, 0.2) is 205 Å². The topological polar surface area (TPSA) is 326 Å². The summed E-state index contributed by atoms with van der Waals surface area (Å²) in [6.45, 7) is 15.3. The van der Waals surface area contributed by atoms with Crippen molar-refractivity contribution in [1.82, 2.24) is 20.1 Å². The zero-order valence-electron chi connectivity index (χ0n) is 86.9. The number of hydrogen-bond acceptors (Lipinski definition) is 23. The van der Waals surface area contributed by atoms with Crippen LogP contribution in [0.1, 0.15) is 233 Å². The highest BCUT2D eigenvalue weighted by atomic mass is 32.2. The lowest BCUT2D eigenvalue weighted by atomic mass is 9.68. The minimum absolute atomic E-state index is 0.00835. The van der Waals surface area contributed by atoms with Crippen LogP contribution in [0.5, 0.6) is 17.2 Å². The van der Waals surface area contributed by atoms with Crippen molar-refractivity contribution >= 4 is 81.3 Å². The van der Waals surface area contributed by atoms with Gasteiger partial charge in [-0.05, 0) is 299 Å². The lowest BCUT2D eigenvalue weighted by molar-refractivity contribution is -0.117. The maximum absolute atomic E-state index is 14.4. The highest BCUT2D eigenvalue weighted by Gasteiger charge is 2.50. The number of methoxy groups -OCH3 is 3. The Bertz CT molecular complexity index is 6610. The molecule has 3 fully saturated rings. The molecule has 30 heteroatoms. The van der Waals surface area contributed by atoms with Crippen LogP contribution in [0.25, 0.3) is 0 Å². The van der Waals surface area contributed by atoms with Crippen molar-refractivity contribution in [2.24, 2.45) is 48.6 Å². The van der Waals surface area contributed by atoms with Gasteiger partial charge < -0.3 is 52.2 Å². The van der Waals surface area contributed by atoms with Crippen molar-refractivity contribution in [3.8, 4) is 17.2 Å². The average Bonchev–Trinajstić information content (AvgIpc) is 1.55. The van der Waals surface area contributed by atoms with Crippen LogP contribution >= 0.6 is 0 Å². The number of anilines is 3. The molecule has 3 amide bonds. The normalized spacial score (nSPS) is 29.0. The van der Waals surface area contributed by atoms with Crippen LogP contribution in [-0.2, 0) is 113 Å². The molecule has 0 unspecified atom stereocenters. The minimum atomic E-state index is -3.16. The average molecular weight is 2070 g/mol. The van der Waals surface area contributed by atoms with E-state index in [1.54, 1.807) is 62.7 Å². The Kier molecular flexibility index (Phi) is 32.9. The summed E-state index contributed by atoms with van der Waals surface area (Å²) < 4.78 is 106. The van der Waals surface area contributed by atoms with Gasteiger partial charge in [0.15, 0.2) is 0 Å². The monoisotopic (exact) mass is 2070 g/mol. The Labute approximate surface area is 872 Å². The lowest BCUT2D eigenvalue weighted by Gasteiger charge is -2.46. The molecule has 3 spiro atoms. The number of nitrogens with zero attached hydrogens (tertiary/aromatic N) is 10. The number of ketones is 3. The first-order chi connectivity index (χ1) is 71.6. The van der Waals surface area contributed by atoms with Crippen LogP contribution in [-0.4, -0.2) is 201 Å². The number of fused-ring (bicyclic) bond motifs is 12. The van der Waals surface area contributed by atoms with Gasteiger partial charge in [-0.25, -0.2) is 12.6 Å². The molecule has 0 radical (unpaired) electrons. The molecule has 6 aromatic carbocycles. The number of aryl methyl sites for hydroxylation is 10. The van der Waals surface area contributed by atoms with Gasteiger partial charge in [0.1, 0.15) is 47.1 Å². The molecule has 6 aliphatic carbocycles. The smallest absolute Gasteiger partial charge is 0.285 e. The summed E-state index contributed by atoms with van der Waals surface area (Å²) in [5.74, 6) is 2.13. The number of amides is 3. The number of rotatable bonds is 18. The quantitative estimate of drug-likeness (QED) is 0.0720. The number of carbonyl (C=O) groups excluding carboxylic acids is 6. The van der Waals surface area contributed by atoms with Crippen molar-refractivity contribution in [2.45, 2.75) is 236 Å². The predicted molar refractivity (Wildman–Crippen MR) is 576 cm³/mol. The van der Waals surface area contributed by atoms with Gasteiger partial charge in [0, 0.05) is 167 Å². The number of allylic oxidation sites excluding steroid dienone is 3. The van der Waals surface area contributed by atoms with E-state index in [1.165, 1.54) is 62.6 Å². The molecule has 15 atom stereocenters. The second kappa shape index (κ2) is 46.3. The van der Waals surface area contributed by atoms with Crippen molar-refractivity contribution in [3.63, 3.8) is 0 Å². The Hall–Kier alpha value is -11.3. The van der Waals surface area contributed by atoms with Crippen LogP contribution < -0.4 is 28.9 Å². The highest BCUT2D eigenvalue weighted by Crippen LogP contribution is 2.53. The molecule has 9 aromatic rings. The first-order valence-electron chi connectivity index (χ1n) is 53.7. The van der Waals surface area contributed by atoms with Gasteiger partial charge in [0.05, 0.1) is 114 Å². The molecule has 9 heterocycles. The molecule has 0 saturated heterocycles. The molecule has 6 bridgehead atoms. The van der Waals surface area contributed by atoms with Crippen molar-refractivity contribution in [3.05, 3.63) is 266 Å². The van der Waals surface area contributed by atoms with E-state index < -0.39 is 46.9 Å². The fourth-order valence-electron chi connectivity index (χ4n) is 25.2. The fraction of sp³-hybridized carbons (Fsp3) is 0.517. The maximum Gasteiger partial charge on any atom is 0.285 e. The summed E-state index contributed by atoms with van der Waals surface area (Å²) in [7, 11) is -4.13. The summed E-state index contributed by atoms with van der Waals surface area (Å²) in [6, 6.07) is 40.6. The van der Waals surface area contributed by atoms with E-state index in [0.29, 0.717) is 136 Å². The van der Waals surface area contributed by atoms with Gasteiger partial charge in [-0.3, -0.25) is 33.4 Å². The summed E-state index contributed by atoms with van der Waals surface area (Å²) in [6.07, 6.45) is 40.2. The van der Waals surface area contributed by atoms with Gasteiger partial charge in [0.25, 0.3) is 17.7 Å². The molecule has 148 heavy (non-hydrogen) atoms. The first-order valence-corrected chi connectivity index (χ1v) is 59.2. The number of aromatic nitrogens is 4. The van der Waals surface area contributed by atoms with Gasteiger partial charge in [-0.1, -0.05) is 118 Å². The number of ether oxygens (including phenoxy) is 6. The molecule has 3 aromatic heterocycles. The highest BCUT2D eigenvalue weighted by molar-refractivity contribution is 7.95. The summed E-state index contributed by atoms with van der Waals surface area (Å²) in [5, 5.41) is 11.8. The SMILES string of the molecule is CO[C@H]1/C=C/CCC[S@@](=O)(CC(=O)CCc2ccon2)=NC(=O)c2ccc3c(c2)N(C[C@@H]2CC[C@H]21)C[C@@]1(CCCc2cc(C)ccc21)CO3.CO[C@H]1/C=C/CCC[S@@](=O)(CC(=O)CCc2cnoc2)=NC(=O)c2ccc3c(c2)N(C[C@@H]2CC[C@H]21)C[C@@]1(CCCc2cc(C)ccc21)CO3.CO[C@H]1/C=C/CCC[S@@](=O)(CC(=O)CCn2nccc2C)=NC(=O)c2ccc3c(c2)N(C[C@@H]2CC[C@H]21)C[C@@]1(CCCc2cc(C)ccc21)CO3. The molecule has 6 aliphatic heterocycles. The summed E-state index contributed by atoms with van der Waals surface area (Å²) in [4.78, 5) is 88.3. The first kappa shape index (κ1) is 105. The Morgan fingerprint density at radius 1 is 0.439 bits per heavy atom. The second-order valence-corrected chi connectivity index (χ2v) is 51.2. The van der Waals surface area contributed by atoms with E-state index in [9.17, 15) is 41.4 Å². The Balaban J connectivity index is 0.000000140. The molecule has 786 valence electrons. The summed E-state index contributed by atoms with van der Waals surface area (Å²) in [5.41, 5.74) is 17.7. The van der Waals surface area contributed by atoms with Crippen molar-refractivity contribution in [2.75, 3.05) is 130 Å². The van der Waals surface area contributed by atoms with Crippen LogP contribution in [0, 0.1) is 63.2 Å². The Morgan fingerprint density at radius 3 is 1.16 bits per heavy atom. The van der Waals surface area contributed by atoms with Crippen LogP contribution in [0.4, 0.5) is 17.1 Å². The number of carbonyl (C=O) groups is 6. The second-order valence-electron chi connectivity index (χ2n) is 43.9. The van der Waals surface area contributed by atoms with E-state index in [-0.39, 0.29) is 106 Å². The van der Waals surface area contributed by atoms with E-state index in [1.807, 2.05) is 49.4 Å². The van der Waals surface area contributed by atoms with E-state index in [0.717, 1.165) is 181 Å². The molecule has 3 saturated carbocycles. The molecule has 0 N–H and O–H groups in total. The van der Waals surface area contributed by atoms with E-state index in [2.05, 4.69) is 155 Å². The number of hydrogen-bond donors (Lipinski definition) is 0. The predicted octanol–water partition coefficient (Wildman–Crippen LogP) is 19.9. The van der Waals surface area contributed by atoms with Gasteiger partial charge in [0.2, 0.25) is 0 Å². The number of benzene rings is 6.